The number of hydrogen-bond donors (Lipinski definition) is 1. The quantitative estimate of drug-likeness (QED) is 0.625. The zero-order valence-corrected chi connectivity index (χ0v) is 12.7. The molecule has 2 aromatic carbocycles. The zero-order chi connectivity index (χ0) is 16.4. The Morgan fingerprint density at radius 1 is 1.04 bits per heavy atom. The molecule has 0 aliphatic rings. The van der Waals surface area contributed by atoms with E-state index in [1.807, 2.05) is 30.3 Å². The minimum atomic E-state index is -0.327. The molecule has 0 bridgehead atoms. The van der Waals surface area contributed by atoms with Gasteiger partial charge in [0.05, 0.1) is 5.52 Å². The van der Waals surface area contributed by atoms with E-state index < -0.39 is 0 Å². The summed E-state index contributed by atoms with van der Waals surface area (Å²) in [6.07, 6.45) is 5.01. The van der Waals surface area contributed by atoms with E-state index >= 15 is 0 Å². The van der Waals surface area contributed by atoms with Crippen LogP contribution in [0.2, 0.25) is 0 Å². The fourth-order valence-electron chi connectivity index (χ4n) is 2.50. The molecular weight excluding hydrogens is 305 g/mol. The van der Waals surface area contributed by atoms with Gasteiger partial charge in [0.25, 0.3) is 0 Å². The Balaban J connectivity index is 1.77. The van der Waals surface area contributed by atoms with Crippen LogP contribution in [0.3, 0.4) is 0 Å². The molecule has 0 amide bonds. The Morgan fingerprint density at radius 3 is 2.71 bits per heavy atom. The summed E-state index contributed by atoms with van der Waals surface area (Å²) in [6.45, 7) is 0.619. The minimum Gasteiger partial charge on any atom is -0.365 e. The molecule has 24 heavy (non-hydrogen) atoms. The van der Waals surface area contributed by atoms with Crippen molar-refractivity contribution in [2.24, 2.45) is 0 Å². The number of anilines is 1. The number of fused-ring (bicyclic) bond motifs is 1. The number of aromatic nitrogens is 4. The molecule has 0 atom stereocenters. The number of benzene rings is 2. The number of hydrogen-bond acceptors (Lipinski definition) is 4. The molecule has 0 saturated heterocycles. The lowest BCUT2D eigenvalue weighted by Gasteiger charge is -2.11. The Kier molecular flexibility index (Phi) is 3.63. The van der Waals surface area contributed by atoms with Gasteiger partial charge in [0.1, 0.15) is 18.0 Å². The highest BCUT2D eigenvalue weighted by atomic mass is 19.1. The van der Waals surface area contributed by atoms with Crippen LogP contribution < -0.4 is 5.32 Å². The van der Waals surface area contributed by atoms with Crippen LogP contribution in [0, 0.1) is 5.82 Å². The van der Waals surface area contributed by atoms with Gasteiger partial charge in [0.2, 0.25) is 5.95 Å². The van der Waals surface area contributed by atoms with Gasteiger partial charge in [-0.2, -0.15) is 4.98 Å². The van der Waals surface area contributed by atoms with E-state index in [9.17, 15) is 4.39 Å². The molecule has 5 nitrogen and oxygen atoms in total. The minimum absolute atomic E-state index is 0.327. The zero-order valence-electron chi connectivity index (χ0n) is 12.7. The molecule has 1 N–H and O–H groups in total. The number of imidazole rings is 1. The van der Waals surface area contributed by atoms with E-state index in [0.29, 0.717) is 23.8 Å². The third kappa shape index (κ3) is 2.81. The van der Waals surface area contributed by atoms with E-state index in [-0.39, 0.29) is 5.82 Å². The van der Waals surface area contributed by atoms with Crippen LogP contribution in [-0.2, 0) is 6.54 Å². The number of halogens is 1. The van der Waals surface area contributed by atoms with Gasteiger partial charge in [0.15, 0.2) is 0 Å². The molecule has 0 fully saturated rings. The van der Waals surface area contributed by atoms with Crippen molar-refractivity contribution in [3.63, 3.8) is 0 Å². The van der Waals surface area contributed by atoms with Gasteiger partial charge < -0.3 is 5.32 Å². The maximum absolute atomic E-state index is 13.6. The first-order chi connectivity index (χ1) is 11.8. The Hall–Kier alpha value is -3.28. The summed E-state index contributed by atoms with van der Waals surface area (Å²) in [5.41, 5.74) is 1.68. The summed E-state index contributed by atoms with van der Waals surface area (Å²) in [6, 6.07) is 14.5. The maximum Gasteiger partial charge on any atom is 0.237 e. The van der Waals surface area contributed by atoms with E-state index in [4.69, 9.17) is 0 Å². The number of nitrogens with zero attached hydrogens (tertiary/aromatic N) is 4. The van der Waals surface area contributed by atoms with Gasteiger partial charge in [0, 0.05) is 30.4 Å². The number of rotatable bonds is 4. The standard InChI is InChI=1S/C18H14FN5/c19-14-6-7-15-16(10-14)22-18(24-9-8-20-12-24)23-17(15)21-11-13-4-2-1-3-5-13/h1-10,12H,11H2,(H,21,22,23). The van der Waals surface area contributed by atoms with Crippen molar-refractivity contribution < 1.29 is 4.39 Å². The van der Waals surface area contributed by atoms with Crippen LogP contribution in [-0.4, -0.2) is 19.5 Å². The molecule has 0 aliphatic carbocycles. The lowest BCUT2D eigenvalue weighted by molar-refractivity contribution is 0.629. The van der Waals surface area contributed by atoms with Gasteiger partial charge >= 0.3 is 0 Å². The van der Waals surface area contributed by atoms with Crippen LogP contribution in [0.25, 0.3) is 16.9 Å². The predicted octanol–water partition coefficient (Wildman–Crippen LogP) is 3.57. The maximum atomic E-state index is 13.6. The molecule has 4 rings (SSSR count). The molecule has 0 radical (unpaired) electrons. The van der Waals surface area contributed by atoms with Gasteiger partial charge in [-0.15, -0.1) is 0 Å². The molecule has 118 valence electrons. The van der Waals surface area contributed by atoms with Crippen LogP contribution in [0.4, 0.5) is 10.2 Å². The first kappa shape index (κ1) is 14.3. The summed E-state index contributed by atoms with van der Waals surface area (Å²) < 4.78 is 15.3. The van der Waals surface area contributed by atoms with Crippen LogP contribution in [0.15, 0.2) is 67.3 Å². The lowest BCUT2D eigenvalue weighted by Crippen LogP contribution is -2.07. The van der Waals surface area contributed by atoms with Crippen LogP contribution in [0.1, 0.15) is 5.56 Å². The Labute approximate surface area is 137 Å². The highest BCUT2D eigenvalue weighted by Crippen LogP contribution is 2.23. The van der Waals surface area contributed by atoms with Crippen molar-refractivity contribution in [2.45, 2.75) is 6.54 Å². The Morgan fingerprint density at radius 2 is 1.92 bits per heavy atom. The van der Waals surface area contributed by atoms with E-state index in [2.05, 4.69) is 20.3 Å². The highest BCUT2D eigenvalue weighted by Gasteiger charge is 2.10. The van der Waals surface area contributed by atoms with Gasteiger partial charge in [-0.25, -0.2) is 14.4 Å². The van der Waals surface area contributed by atoms with Crippen molar-refractivity contribution in [3.8, 4) is 5.95 Å². The van der Waals surface area contributed by atoms with Crippen molar-refractivity contribution >= 4 is 16.7 Å². The normalized spacial score (nSPS) is 10.9. The Bertz CT molecular complexity index is 968. The third-order valence-electron chi connectivity index (χ3n) is 3.69. The summed E-state index contributed by atoms with van der Waals surface area (Å²) in [5, 5.41) is 4.09. The summed E-state index contributed by atoms with van der Waals surface area (Å²) in [4.78, 5) is 13.0. The third-order valence-corrected chi connectivity index (χ3v) is 3.69. The van der Waals surface area contributed by atoms with Gasteiger partial charge in [-0.3, -0.25) is 4.57 Å². The van der Waals surface area contributed by atoms with Crippen LogP contribution in [0.5, 0.6) is 0 Å². The van der Waals surface area contributed by atoms with Crippen LogP contribution >= 0.6 is 0 Å². The van der Waals surface area contributed by atoms with E-state index in [0.717, 1.165) is 10.9 Å². The predicted molar refractivity (Wildman–Crippen MR) is 90.4 cm³/mol. The molecule has 0 unspecified atom stereocenters. The largest absolute Gasteiger partial charge is 0.365 e. The fraction of sp³-hybridized carbons (Fsp3) is 0.0556. The second-order valence-electron chi connectivity index (χ2n) is 5.34. The second-order valence-corrected chi connectivity index (χ2v) is 5.34. The molecule has 4 aromatic rings. The van der Waals surface area contributed by atoms with Crippen molar-refractivity contribution in [1.82, 2.24) is 19.5 Å². The summed E-state index contributed by atoms with van der Waals surface area (Å²) in [7, 11) is 0. The van der Waals surface area contributed by atoms with E-state index in [1.165, 1.54) is 12.1 Å². The van der Waals surface area contributed by atoms with Crippen molar-refractivity contribution in [2.75, 3.05) is 5.32 Å². The highest BCUT2D eigenvalue weighted by molar-refractivity contribution is 5.89. The molecule has 2 heterocycles. The molecule has 6 heteroatoms. The molecule has 0 aliphatic heterocycles. The first-order valence-corrected chi connectivity index (χ1v) is 7.53. The lowest BCUT2D eigenvalue weighted by atomic mass is 10.2. The first-order valence-electron chi connectivity index (χ1n) is 7.53. The molecule has 0 spiro atoms. The topological polar surface area (TPSA) is 55.6 Å². The molecule has 0 saturated carbocycles. The smallest absolute Gasteiger partial charge is 0.237 e. The SMILES string of the molecule is Fc1ccc2c(NCc3ccccc3)nc(-n3ccnc3)nc2c1. The van der Waals surface area contributed by atoms with E-state index in [1.54, 1.807) is 29.4 Å². The summed E-state index contributed by atoms with van der Waals surface area (Å²) >= 11 is 0. The van der Waals surface area contributed by atoms with Crippen molar-refractivity contribution in [3.05, 3.63) is 78.6 Å². The molecular formula is C18H14FN5. The average Bonchev–Trinajstić information content (AvgIpc) is 3.14. The van der Waals surface area contributed by atoms with Gasteiger partial charge in [-0.05, 0) is 17.7 Å². The monoisotopic (exact) mass is 319 g/mol. The average molecular weight is 319 g/mol. The number of nitrogens with one attached hydrogen (secondary N) is 1. The van der Waals surface area contributed by atoms with Crippen molar-refractivity contribution in [1.29, 1.82) is 0 Å². The summed E-state index contributed by atoms with van der Waals surface area (Å²) in [5.74, 6) is 0.778. The molecule has 2 aromatic heterocycles. The fourth-order valence-corrected chi connectivity index (χ4v) is 2.50. The van der Waals surface area contributed by atoms with Gasteiger partial charge in [-0.1, -0.05) is 30.3 Å². The second kappa shape index (κ2) is 6.08.